The minimum atomic E-state index is 0.233. The van der Waals surface area contributed by atoms with Gasteiger partial charge in [0.15, 0.2) is 11.5 Å². The van der Waals surface area contributed by atoms with Gasteiger partial charge in [-0.05, 0) is 22.0 Å². The van der Waals surface area contributed by atoms with Gasteiger partial charge in [-0.2, -0.15) is 0 Å². The van der Waals surface area contributed by atoms with Crippen molar-refractivity contribution in [1.29, 1.82) is 0 Å². The molecule has 1 aromatic rings. The second kappa shape index (κ2) is 3.53. The molecule has 5 heteroatoms. The van der Waals surface area contributed by atoms with E-state index in [-0.39, 0.29) is 6.79 Å². The summed E-state index contributed by atoms with van der Waals surface area (Å²) in [6.07, 6.45) is 0. The molecule has 4 nitrogen and oxygen atoms in total. The lowest BCUT2D eigenvalue weighted by atomic mass is 10.2. The summed E-state index contributed by atoms with van der Waals surface area (Å²) in [6.45, 7) is 0.579. The van der Waals surface area contributed by atoms with Crippen molar-refractivity contribution in [2.45, 2.75) is 6.54 Å². The summed E-state index contributed by atoms with van der Waals surface area (Å²) in [5.74, 6) is 1.39. The van der Waals surface area contributed by atoms with E-state index >= 15 is 0 Å². The monoisotopic (exact) mass is 245 g/mol. The van der Waals surface area contributed by atoms with Gasteiger partial charge in [0.2, 0.25) is 6.79 Å². The first-order valence-electron chi connectivity index (χ1n) is 3.77. The van der Waals surface area contributed by atoms with Crippen molar-refractivity contribution in [1.82, 2.24) is 5.48 Å². The topological polar surface area (TPSA) is 50.7 Å². The van der Waals surface area contributed by atoms with Gasteiger partial charge in [-0.15, -0.1) is 0 Å². The fraction of sp³-hybridized carbons (Fsp3) is 0.250. The zero-order valence-corrected chi connectivity index (χ0v) is 8.30. The fourth-order valence-corrected chi connectivity index (χ4v) is 1.67. The average Bonchev–Trinajstić information content (AvgIpc) is 2.59. The van der Waals surface area contributed by atoms with Crippen molar-refractivity contribution in [3.05, 3.63) is 22.2 Å². The molecule has 2 N–H and O–H groups in total. The third-order valence-electron chi connectivity index (χ3n) is 1.82. The highest BCUT2D eigenvalue weighted by atomic mass is 79.9. The van der Waals surface area contributed by atoms with Gasteiger partial charge in [-0.3, -0.25) is 0 Å². The lowest BCUT2D eigenvalue weighted by Crippen LogP contribution is -2.06. The highest BCUT2D eigenvalue weighted by molar-refractivity contribution is 9.10. The van der Waals surface area contributed by atoms with Crippen LogP contribution >= 0.6 is 15.9 Å². The molecule has 1 aliphatic heterocycles. The second-order valence-corrected chi connectivity index (χ2v) is 3.46. The SMILES string of the molecule is ONCc1ccc(Br)c2c1OCO2. The number of ether oxygens (including phenoxy) is 2. The Morgan fingerprint density at radius 1 is 1.38 bits per heavy atom. The van der Waals surface area contributed by atoms with Gasteiger partial charge < -0.3 is 14.7 Å². The van der Waals surface area contributed by atoms with Crippen LogP contribution in [0.3, 0.4) is 0 Å². The standard InChI is InChI=1S/C8H8BrNO3/c9-6-2-1-5(3-10-11)7-8(6)13-4-12-7/h1-2,10-11H,3-4H2. The summed E-state index contributed by atoms with van der Waals surface area (Å²) in [6, 6.07) is 3.72. The summed E-state index contributed by atoms with van der Waals surface area (Å²) < 4.78 is 11.4. The molecule has 0 spiro atoms. The maximum atomic E-state index is 8.56. The molecule has 0 atom stereocenters. The van der Waals surface area contributed by atoms with Crippen molar-refractivity contribution in [2.75, 3.05) is 6.79 Å². The number of rotatable bonds is 2. The number of halogens is 1. The molecule has 0 saturated carbocycles. The van der Waals surface area contributed by atoms with E-state index in [9.17, 15) is 0 Å². The molecule has 0 unspecified atom stereocenters. The summed E-state index contributed by atoms with van der Waals surface area (Å²) in [4.78, 5) is 0. The highest BCUT2D eigenvalue weighted by Crippen LogP contribution is 2.41. The Labute approximate surface area is 83.5 Å². The molecule has 0 aromatic heterocycles. The van der Waals surface area contributed by atoms with Gasteiger partial charge in [0.25, 0.3) is 0 Å². The lowest BCUT2D eigenvalue weighted by Gasteiger charge is -2.05. The average molecular weight is 246 g/mol. The van der Waals surface area contributed by atoms with Gasteiger partial charge in [0.05, 0.1) is 4.47 Å². The Kier molecular flexibility index (Phi) is 2.39. The van der Waals surface area contributed by atoms with Gasteiger partial charge in [0, 0.05) is 12.1 Å². The number of hydroxylamine groups is 1. The third kappa shape index (κ3) is 1.50. The molecule has 0 aliphatic carbocycles. The van der Waals surface area contributed by atoms with E-state index in [1.807, 2.05) is 12.1 Å². The van der Waals surface area contributed by atoms with E-state index in [2.05, 4.69) is 21.4 Å². The van der Waals surface area contributed by atoms with Crippen LogP contribution in [0.2, 0.25) is 0 Å². The largest absolute Gasteiger partial charge is 0.453 e. The van der Waals surface area contributed by atoms with Crippen molar-refractivity contribution < 1.29 is 14.7 Å². The van der Waals surface area contributed by atoms with Crippen molar-refractivity contribution in [2.24, 2.45) is 0 Å². The molecule has 0 radical (unpaired) electrons. The smallest absolute Gasteiger partial charge is 0.231 e. The van der Waals surface area contributed by atoms with Crippen LogP contribution in [0.15, 0.2) is 16.6 Å². The quantitative estimate of drug-likeness (QED) is 0.779. The summed E-state index contributed by atoms with van der Waals surface area (Å²) in [5.41, 5.74) is 2.96. The van der Waals surface area contributed by atoms with Crippen LogP contribution in [0.5, 0.6) is 11.5 Å². The Morgan fingerprint density at radius 2 is 2.15 bits per heavy atom. The van der Waals surface area contributed by atoms with E-state index in [1.165, 1.54) is 0 Å². The van der Waals surface area contributed by atoms with E-state index < -0.39 is 0 Å². The maximum Gasteiger partial charge on any atom is 0.231 e. The lowest BCUT2D eigenvalue weighted by molar-refractivity contribution is 0.155. The molecule has 1 aliphatic rings. The summed E-state index contributed by atoms with van der Waals surface area (Å²) >= 11 is 3.34. The van der Waals surface area contributed by atoms with Gasteiger partial charge in [-0.25, -0.2) is 5.48 Å². The van der Waals surface area contributed by atoms with E-state index in [0.29, 0.717) is 18.0 Å². The number of hydrogen-bond acceptors (Lipinski definition) is 4. The highest BCUT2D eigenvalue weighted by Gasteiger charge is 2.20. The molecular weight excluding hydrogens is 238 g/mol. The summed E-state index contributed by atoms with van der Waals surface area (Å²) in [5, 5.41) is 8.56. The van der Waals surface area contributed by atoms with Crippen molar-refractivity contribution in [3.8, 4) is 11.5 Å². The number of hydrogen-bond donors (Lipinski definition) is 2. The van der Waals surface area contributed by atoms with Crippen LogP contribution < -0.4 is 15.0 Å². The molecule has 0 fully saturated rings. The van der Waals surface area contributed by atoms with Crippen LogP contribution in [0.1, 0.15) is 5.56 Å². The van der Waals surface area contributed by atoms with Crippen LogP contribution in [0.4, 0.5) is 0 Å². The van der Waals surface area contributed by atoms with Crippen molar-refractivity contribution >= 4 is 15.9 Å². The van der Waals surface area contributed by atoms with E-state index in [0.717, 1.165) is 10.0 Å². The predicted octanol–water partition coefficient (Wildman–Crippen LogP) is 1.66. The first kappa shape index (κ1) is 8.80. The second-order valence-electron chi connectivity index (χ2n) is 2.61. The fourth-order valence-electron chi connectivity index (χ4n) is 1.24. The Balaban J connectivity index is 2.43. The van der Waals surface area contributed by atoms with Crippen LogP contribution in [-0.4, -0.2) is 12.0 Å². The first-order valence-corrected chi connectivity index (χ1v) is 4.56. The first-order chi connectivity index (χ1) is 6.33. The Morgan fingerprint density at radius 3 is 2.92 bits per heavy atom. The molecule has 1 aromatic carbocycles. The Hall–Kier alpha value is -0.780. The molecule has 70 valence electrons. The summed E-state index contributed by atoms with van der Waals surface area (Å²) in [7, 11) is 0. The van der Waals surface area contributed by atoms with Crippen LogP contribution in [-0.2, 0) is 6.54 Å². The number of benzene rings is 1. The molecule has 1 heterocycles. The van der Waals surface area contributed by atoms with Gasteiger partial charge in [0.1, 0.15) is 0 Å². The third-order valence-corrected chi connectivity index (χ3v) is 2.45. The zero-order chi connectivity index (χ0) is 9.26. The van der Waals surface area contributed by atoms with Gasteiger partial charge in [-0.1, -0.05) is 6.07 Å². The normalized spacial score (nSPS) is 13.4. The van der Waals surface area contributed by atoms with Crippen LogP contribution in [0.25, 0.3) is 0 Å². The minimum absolute atomic E-state index is 0.233. The maximum absolute atomic E-state index is 8.56. The zero-order valence-electron chi connectivity index (χ0n) is 6.71. The molecule has 13 heavy (non-hydrogen) atoms. The van der Waals surface area contributed by atoms with Crippen molar-refractivity contribution in [3.63, 3.8) is 0 Å². The van der Waals surface area contributed by atoms with Gasteiger partial charge >= 0.3 is 0 Å². The van der Waals surface area contributed by atoms with E-state index in [1.54, 1.807) is 0 Å². The van der Waals surface area contributed by atoms with E-state index in [4.69, 9.17) is 14.7 Å². The number of nitrogens with one attached hydrogen (secondary N) is 1. The molecule has 0 saturated heterocycles. The van der Waals surface area contributed by atoms with Crippen LogP contribution in [0, 0.1) is 0 Å². The Bertz CT molecular complexity index is 329. The molecule has 2 rings (SSSR count). The number of fused-ring (bicyclic) bond motifs is 1. The molecular formula is C8H8BrNO3. The molecule has 0 amide bonds. The molecule has 0 bridgehead atoms. The minimum Gasteiger partial charge on any atom is -0.453 e. The predicted molar refractivity (Wildman–Crippen MR) is 48.9 cm³/mol.